The van der Waals surface area contributed by atoms with Crippen LogP contribution in [0, 0.1) is 0 Å². The lowest BCUT2D eigenvalue weighted by Gasteiger charge is -2.09. The summed E-state index contributed by atoms with van der Waals surface area (Å²) in [4.78, 5) is 3.12. The van der Waals surface area contributed by atoms with E-state index in [2.05, 4.69) is 74.5 Å². The first-order valence-electron chi connectivity index (χ1n) is 19.0. The molecular weight excluding hydrogens is 593 g/mol. The topological polar surface area (TPSA) is 0 Å². The molecule has 6 rings (SSSR count). The number of thiophene rings is 2. The largest absolute Gasteiger partial charge is 0.140 e. The van der Waals surface area contributed by atoms with Crippen LogP contribution >= 0.6 is 22.7 Å². The van der Waals surface area contributed by atoms with Crippen LogP contribution in [0.2, 0.25) is 0 Å². The van der Waals surface area contributed by atoms with Crippen LogP contribution in [0.5, 0.6) is 0 Å². The number of unbranched alkanes of at least 4 members (excludes halogenated alkanes) is 16. The maximum absolute atomic E-state index is 2.47. The summed E-state index contributed by atoms with van der Waals surface area (Å²) in [5.74, 6) is 0. The number of benzene rings is 4. The van der Waals surface area contributed by atoms with Gasteiger partial charge in [0.25, 0.3) is 0 Å². The summed E-state index contributed by atoms with van der Waals surface area (Å²) in [5.41, 5.74) is 0. The molecule has 0 nitrogen and oxygen atoms in total. The lowest BCUT2D eigenvalue weighted by atomic mass is 9.96. The molecule has 0 aliphatic heterocycles. The molecule has 0 saturated heterocycles. The molecule has 0 aliphatic rings. The summed E-state index contributed by atoms with van der Waals surface area (Å²) in [6.07, 6.45) is 27.6. The second-order valence-electron chi connectivity index (χ2n) is 14.0. The van der Waals surface area contributed by atoms with Gasteiger partial charge in [-0.3, -0.25) is 0 Å². The number of fused-ring (bicyclic) bond motifs is 9. The zero-order valence-electron chi connectivity index (χ0n) is 28.7. The lowest BCUT2D eigenvalue weighted by molar-refractivity contribution is 0.565. The molecule has 0 amide bonds. The monoisotopic (exact) mass is 648 g/mol. The smallest absolute Gasteiger partial charge is 0.0424 e. The molecule has 0 saturated carbocycles. The molecule has 0 radical (unpaired) electrons. The van der Waals surface area contributed by atoms with Crippen LogP contribution in [-0.2, 0) is 12.8 Å². The highest BCUT2D eigenvalue weighted by Crippen LogP contribution is 2.41. The second-order valence-corrected chi connectivity index (χ2v) is 16.2. The SMILES string of the molecule is CCCCCCCCCCCc1cc2ccc3c4ccc5c(ccc6cc(CCCCCCCCCCC)sc65)c4ccc3c2s1. The molecular formula is C44H56S2. The van der Waals surface area contributed by atoms with Crippen molar-refractivity contribution in [3.8, 4) is 0 Å². The Morgan fingerprint density at radius 1 is 0.348 bits per heavy atom. The molecule has 0 N–H and O–H groups in total. The van der Waals surface area contributed by atoms with Crippen molar-refractivity contribution in [3.63, 3.8) is 0 Å². The average Bonchev–Trinajstić information content (AvgIpc) is 3.70. The van der Waals surface area contributed by atoms with Crippen molar-refractivity contribution in [1.82, 2.24) is 0 Å². The molecule has 6 aromatic rings. The van der Waals surface area contributed by atoms with Crippen molar-refractivity contribution in [2.75, 3.05) is 0 Å². The predicted molar refractivity (Wildman–Crippen MR) is 212 cm³/mol. The quantitative estimate of drug-likeness (QED) is 0.0571. The summed E-state index contributed by atoms with van der Waals surface area (Å²) < 4.78 is 2.94. The van der Waals surface area contributed by atoms with Gasteiger partial charge in [-0.05, 0) is 70.1 Å². The predicted octanol–water partition coefficient (Wildman–Crippen LogP) is 15.7. The molecule has 0 aliphatic carbocycles. The third-order valence-corrected chi connectivity index (χ3v) is 12.8. The minimum absolute atomic E-state index is 1.23. The van der Waals surface area contributed by atoms with E-state index in [1.54, 1.807) is 9.75 Å². The van der Waals surface area contributed by atoms with Crippen molar-refractivity contribution >= 4 is 75.2 Å². The van der Waals surface area contributed by atoms with Crippen molar-refractivity contribution < 1.29 is 0 Å². The molecule has 4 aromatic carbocycles. The van der Waals surface area contributed by atoms with Gasteiger partial charge in [0.2, 0.25) is 0 Å². The first-order chi connectivity index (χ1) is 22.8. The van der Waals surface area contributed by atoms with Crippen LogP contribution in [0.25, 0.3) is 52.5 Å². The number of aryl methyl sites for hydroxylation is 2. The van der Waals surface area contributed by atoms with Gasteiger partial charge in [0, 0.05) is 29.9 Å². The second kappa shape index (κ2) is 17.1. The molecule has 244 valence electrons. The van der Waals surface area contributed by atoms with Crippen LogP contribution in [0.1, 0.15) is 139 Å². The Kier molecular flexibility index (Phi) is 12.5. The Morgan fingerprint density at radius 2 is 0.652 bits per heavy atom. The first-order valence-corrected chi connectivity index (χ1v) is 20.6. The lowest BCUT2D eigenvalue weighted by Crippen LogP contribution is -1.83. The van der Waals surface area contributed by atoms with Gasteiger partial charge in [0.1, 0.15) is 0 Å². The van der Waals surface area contributed by atoms with E-state index in [1.807, 2.05) is 22.7 Å². The maximum Gasteiger partial charge on any atom is 0.0424 e. The standard InChI is InChI=1S/C44H56S2/c1-3-5-7-9-11-13-15-17-19-21-35-31-33-23-25-39-37-28-30-42-40(38(37)27-29-41(39)43(33)45-35)26-24-34-32-36(46-44(34)42)22-20-18-16-14-12-10-8-6-4-2/h23-32H,3-22H2,1-2H3. The fourth-order valence-electron chi connectivity index (χ4n) is 7.61. The molecule has 0 atom stereocenters. The number of hydrogen-bond donors (Lipinski definition) is 0. The van der Waals surface area contributed by atoms with Crippen LogP contribution in [-0.4, -0.2) is 0 Å². The summed E-state index contributed by atoms with van der Waals surface area (Å²) in [6, 6.07) is 24.1. The third-order valence-electron chi connectivity index (χ3n) is 10.3. The van der Waals surface area contributed by atoms with Crippen molar-refractivity contribution in [3.05, 3.63) is 70.4 Å². The van der Waals surface area contributed by atoms with E-state index < -0.39 is 0 Å². The Morgan fingerprint density at radius 3 is 1.04 bits per heavy atom. The van der Waals surface area contributed by atoms with Crippen LogP contribution in [0.15, 0.2) is 60.7 Å². The van der Waals surface area contributed by atoms with Crippen molar-refractivity contribution in [2.24, 2.45) is 0 Å². The van der Waals surface area contributed by atoms with Gasteiger partial charge in [-0.1, -0.05) is 165 Å². The van der Waals surface area contributed by atoms with E-state index in [4.69, 9.17) is 0 Å². The fraction of sp³-hybridized carbons (Fsp3) is 0.500. The molecule has 0 spiro atoms. The zero-order valence-corrected chi connectivity index (χ0v) is 30.4. The minimum Gasteiger partial charge on any atom is -0.140 e. The normalized spacial score (nSPS) is 12.1. The van der Waals surface area contributed by atoms with E-state index >= 15 is 0 Å². The van der Waals surface area contributed by atoms with Gasteiger partial charge < -0.3 is 0 Å². The third kappa shape index (κ3) is 8.16. The highest BCUT2D eigenvalue weighted by atomic mass is 32.1. The Labute approximate surface area is 286 Å². The minimum atomic E-state index is 1.23. The van der Waals surface area contributed by atoms with Gasteiger partial charge in [-0.15, -0.1) is 22.7 Å². The summed E-state index contributed by atoms with van der Waals surface area (Å²) in [6.45, 7) is 4.60. The van der Waals surface area contributed by atoms with Crippen LogP contribution < -0.4 is 0 Å². The first kappa shape index (κ1) is 33.5. The molecule has 0 unspecified atom stereocenters. The van der Waals surface area contributed by atoms with E-state index in [0.29, 0.717) is 0 Å². The zero-order chi connectivity index (χ0) is 31.6. The maximum atomic E-state index is 2.47. The van der Waals surface area contributed by atoms with Gasteiger partial charge >= 0.3 is 0 Å². The van der Waals surface area contributed by atoms with E-state index in [0.717, 1.165) is 0 Å². The number of hydrogen-bond acceptors (Lipinski definition) is 2. The average molecular weight is 649 g/mol. The van der Waals surface area contributed by atoms with Crippen molar-refractivity contribution in [1.29, 1.82) is 0 Å². The molecule has 46 heavy (non-hydrogen) atoms. The summed E-state index contributed by atoms with van der Waals surface area (Å²) in [7, 11) is 0. The summed E-state index contributed by atoms with van der Waals surface area (Å²) in [5, 5.41) is 11.3. The highest BCUT2D eigenvalue weighted by Gasteiger charge is 2.13. The van der Waals surface area contributed by atoms with E-state index in [-0.39, 0.29) is 0 Å². The van der Waals surface area contributed by atoms with Gasteiger partial charge in [-0.25, -0.2) is 0 Å². The molecule has 2 heteroatoms. The van der Waals surface area contributed by atoms with E-state index in [1.165, 1.54) is 181 Å². The summed E-state index contributed by atoms with van der Waals surface area (Å²) >= 11 is 4.07. The van der Waals surface area contributed by atoms with Crippen molar-refractivity contribution in [2.45, 2.75) is 142 Å². The van der Waals surface area contributed by atoms with Gasteiger partial charge in [-0.2, -0.15) is 0 Å². The van der Waals surface area contributed by atoms with Gasteiger partial charge in [0.15, 0.2) is 0 Å². The molecule has 0 fully saturated rings. The van der Waals surface area contributed by atoms with Crippen LogP contribution in [0.4, 0.5) is 0 Å². The molecule has 0 bridgehead atoms. The Balaban J connectivity index is 1.11. The van der Waals surface area contributed by atoms with Gasteiger partial charge in [0.05, 0.1) is 0 Å². The highest BCUT2D eigenvalue weighted by molar-refractivity contribution is 7.20. The molecule has 2 aromatic heterocycles. The van der Waals surface area contributed by atoms with E-state index in [9.17, 15) is 0 Å². The van der Waals surface area contributed by atoms with Crippen LogP contribution in [0.3, 0.4) is 0 Å². The fourth-order valence-corrected chi connectivity index (χ4v) is 10.1. The Bertz CT molecular complexity index is 1700. The number of rotatable bonds is 20. The Hall–Kier alpha value is -2.42. The molecule has 2 heterocycles.